The lowest BCUT2D eigenvalue weighted by Gasteiger charge is -2.08. The predicted molar refractivity (Wildman–Crippen MR) is 90.9 cm³/mol. The molecule has 4 heterocycles. The Balaban J connectivity index is 1.93. The second kappa shape index (κ2) is 5.47. The predicted octanol–water partition coefficient (Wildman–Crippen LogP) is 4.33. The smallest absolute Gasteiger partial charge is 0.141 e. The second-order valence-electron chi connectivity index (χ2n) is 4.81. The largest absolute Gasteiger partial charge is 0.351 e. The minimum atomic E-state index is 0.888. The van der Waals surface area contributed by atoms with E-state index in [-0.39, 0.29) is 0 Å². The number of hydrogen-bond acceptors (Lipinski definition) is 5. The summed E-state index contributed by atoms with van der Waals surface area (Å²) in [5.74, 6) is 0. The van der Waals surface area contributed by atoms with Gasteiger partial charge in [0.25, 0.3) is 0 Å². The lowest BCUT2D eigenvalue weighted by molar-refractivity contribution is 0.937. The van der Waals surface area contributed by atoms with Gasteiger partial charge >= 0.3 is 0 Å². The third kappa shape index (κ3) is 2.36. The molecule has 4 rings (SSSR count). The summed E-state index contributed by atoms with van der Waals surface area (Å²) in [6.07, 6.45) is 5.65. The van der Waals surface area contributed by atoms with E-state index in [1.54, 1.807) is 35.1 Å². The Morgan fingerprint density at radius 1 is 0.955 bits per heavy atom. The molecule has 0 aliphatic rings. The maximum Gasteiger partial charge on any atom is 0.141 e. The number of nitrogens with zero attached hydrogens (tertiary/aromatic N) is 4. The van der Waals surface area contributed by atoms with Crippen molar-refractivity contribution in [2.45, 2.75) is 0 Å². The molecule has 4 aromatic rings. The van der Waals surface area contributed by atoms with E-state index in [1.807, 2.05) is 30.1 Å². The van der Waals surface area contributed by atoms with Gasteiger partial charge in [0.15, 0.2) is 0 Å². The molecule has 22 heavy (non-hydrogen) atoms. The van der Waals surface area contributed by atoms with Gasteiger partial charge in [-0.2, -0.15) is 0 Å². The van der Waals surface area contributed by atoms with Crippen LogP contribution in [0.1, 0.15) is 0 Å². The third-order valence-electron chi connectivity index (χ3n) is 3.37. The second-order valence-corrected chi connectivity index (χ2v) is 6.59. The first-order valence-electron chi connectivity index (χ1n) is 6.75. The molecule has 0 atom stereocenters. The summed E-state index contributed by atoms with van der Waals surface area (Å²) in [4.78, 5) is 13.5. The first-order chi connectivity index (χ1) is 10.8. The molecule has 0 saturated carbocycles. The standard InChI is InChI=1S/C16H12N4S2/c1-20-6-2-3-14(20)11-9-12(15-17-4-7-21-15)19-13(10-11)16-18-5-8-22-16/h2-10H,1H3. The minimum Gasteiger partial charge on any atom is -0.351 e. The van der Waals surface area contributed by atoms with Gasteiger partial charge in [-0.3, -0.25) is 0 Å². The van der Waals surface area contributed by atoms with Gasteiger partial charge in [-0.25, -0.2) is 15.0 Å². The highest BCUT2D eigenvalue weighted by Crippen LogP contribution is 2.31. The van der Waals surface area contributed by atoms with E-state index >= 15 is 0 Å². The lowest BCUT2D eigenvalue weighted by Crippen LogP contribution is -1.94. The fraction of sp³-hybridized carbons (Fsp3) is 0.0625. The highest BCUT2D eigenvalue weighted by molar-refractivity contribution is 7.13. The number of hydrogen-bond donors (Lipinski definition) is 0. The van der Waals surface area contributed by atoms with Gasteiger partial charge < -0.3 is 4.57 Å². The topological polar surface area (TPSA) is 43.6 Å². The highest BCUT2D eigenvalue weighted by Gasteiger charge is 2.12. The zero-order chi connectivity index (χ0) is 14.9. The van der Waals surface area contributed by atoms with E-state index in [9.17, 15) is 0 Å². The molecular weight excluding hydrogens is 312 g/mol. The summed E-state index contributed by atoms with van der Waals surface area (Å²) in [5, 5.41) is 5.78. The van der Waals surface area contributed by atoms with Gasteiger partial charge in [0.2, 0.25) is 0 Å². The van der Waals surface area contributed by atoms with Crippen LogP contribution in [-0.2, 0) is 7.05 Å². The molecule has 0 amide bonds. The molecule has 108 valence electrons. The average molecular weight is 324 g/mol. The van der Waals surface area contributed by atoms with Crippen LogP contribution in [-0.4, -0.2) is 19.5 Å². The van der Waals surface area contributed by atoms with Crippen molar-refractivity contribution in [1.82, 2.24) is 19.5 Å². The molecule has 6 heteroatoms. The SMILES string of the molecule is Cn1cccc1-c1cc(-c2nccs2)nc(-c2nccs2)c1. The first-order valence-corrected chi connectivity index (χ1v) is 8.51. The number of rotatable bonds is 3. The van der Waals surface area contributed by atoms with Gasteiger partial charge in [0.05, 0.1) is 0 Å². The van der Waals surface area contributed by atoms with E-state index < -0.39 is 0 Å². The lowest BCUT2D eigenvalue weighted by atomic mass is 10.1. The fourth-order valence-corrected chi connectivity index (χ4v) is 3.55. The Bertz CT molecular complexity index is 840. The van der Waals surface area contributed by atoms with Gasteiger partial charge in [-0.15, -0.1) is 22.7 Å². The van der Waals surface area contributed by atoms with Crippen molar-refractivity contribution in [3.05, 3.63) is 53.6 Å². The molecule has 0 aliphatic heterocycles. The molecular formula is C16H12N4S2. The van der Waals surface area contributed by atoms with Crippen molar-refractivity contribution in [2.75, 3.05) is 0 Å². The van der Waals surface area contributed by atoms with Crippen LogP contribution in [0, 0.1) is 0 Å². The van der Waals surface area contributed by atoms with Gasteiger partial charge in [0, 0.05) is 47.7 Å². The minimum absolute atomic E-state index is 0.888. The van der Waals surface area contributed by atoms with Crippen molar-refractivity contribution in [2.24, 2.45) is 7.05 Å². The summed E-state index contributed by atoms with van der Waals surface area (Å²) < 4.78 is 2.10. The number of thiazole rings is 2. The van der Waals surface area contributed by atoms with Crippen LogP contribution >= 0.6 is 22.7 Å². The summed E-state index contributed by atoms with van der Waals surface area (Å²) >= 11 is 3.19. The Kier molecular flexibility index (Phi) is 3.32. The van der Waals surface area contributed by atoms with Crippen LogP contribution in [0.5, 0.6) is 0 Å². The summed E-state index contributed by atoms with van der Waals surface area (Å²) in [5.41, 5.74) is 4.05. The zero-order valence-corrected chi connectivity index (χ0v) is 13.4. The van der Waals surface area contributed by atoms with Crippen molar-refractivity contribution in [3.63, 3.8) is 0 Å². The van der Waals surface area contributed by atoms with E-state index in [1.165, 1.54) is 0 Å². The summed E-state index contributed by atoms with van der Waals surface area (Å²) in [6.45, 7) is 0. The van der Waals surface area contributed by atoms with E-state index in [0.717, 1.165) is 32.7 Å². The van der Waals surface area contributed by atoms with Gasteiger partial charge in [-0.1, -0.05) is 0 Å². The fourth-order valence-electron chi connectivity index (χ4n) is 2.36. The van der Waals surface area contributed by atoms with Crippen molar-refractivity contribution in [1.29, 1.82) is 0 Å². The van der Waals surface area contributed by atoms with E-state index in [0.29, 0.717) is 0 Å². The third-order valence-corrected chi connectivity index (χ3v) is 4.96. The van der Waals surface area contributed by atoms with E-state index in [4.69, 9.17) is 4.98 Å². The number of aromatic nitrogens is 4. The van der Waals surface area contributed by atoms with Crippen LogP contribution in [0.15, 0.2) is 53.6 Å². The Hall–Kier alpha value is -2.31. The van der Waals surface area contributed by atoms with Crippen LogP contribution in [0.3, 0.4) is 0 Å². The zero-order valence-electron chi connectivity index (χ0n) is 11.8. The van der Waals surface area contributed by atoms with Crippen LogP contribution in [0.25, 0.3) is 32.7 Å². The Labute approximate surface area is 135 Å². The van der Waals surface area contributed by atoms with Crippen molar-refractivity contribution < 1.29 is 0 Å². The van der Waals surface area contributed by atoms with Gasteiger partial charge in [-0.05, 0) is 24.3 Å². The molecule has 0 radical (unpaired) electrons. The normalized spacial score (nSPS) is 11.0. The maximum atomic E-state index is 4.74. The molecule has 4 aromatic heterocycles. The molecule has 0 unspecified atom stereocenters. The van der Waals surface area contributed by atoms with E-state index in [2.05, 4.69) is 32.7 Å². The summed E-state index contributed by atoms with van der Waals surface area (Å²) in [7, 11) is 2.04. The van der Waals surface area contributed by atoms with Crippen molar-refractivity contribution in [3.8, 4) is 32.7 Å². The Morgan fingerprint density at radius 2 is 1.59 bits per heavy atom. The average Bonchev–Trinajstić information content (AvgIpc) is 3.29. The van der Waals surface area contributed by atoms with Crippen LogP contribution < -0.4 is 0 Å². The first kappa shape index (κ1) is 13.4. The van der Waals surface area contributed by atoms with Gasteiger partial charge in [0.1, 0.15) is 21.4 Å². The molecule has 0 saturated heterocycles. The molecule has 0 N–H and O–H groups in total. The molecule has 0 aliphatic carbocycles. The maximum absolute atomic E-state index is 4.74. The molecule has 4 nitrogen and oxygen atoms in total. The number of aryl methyl sites for hydroxylation is 1. The highest BCUT2D eigenvalue weighted by atomic mass is 32.1. The molecule has 0 fully saturated rings. The monoisotopic (exact) mass is 324 g/mol. The number of pyridine rings is 1. The molecule has 0 bridgehead atoms. The van der Waals surface area contributed by atoms with Crippen LogP contribution in [0.4, 0.5) is 0 Å². The quantitative estimate of drug-likeness (QED) is 0.563. The van der Waals surface area contributed by atoms with Crippen LogP contribution in [0.2, 0.25) is 0 Å². The summed E-state index contributed by atoms with van der Waals surface area (Å²) in [6, 6.07) is 8.32. The molecule has 0 spiro atoms. The Morgan fingerprint density at radius 3 is 2.05 bits per heavy atom. The molecule has 0 aromatic carbocycles. The van der Waals surface area contributed by atoms with Crippen molar-refractivity contribution >= 4 is 22.7 Å².